The van der Waals surface area contributed by atoms with Gasteiger partial charge in [0.15, 0.2) is 11.5 Å². The number of aromatic amines is 1. The monoisotopic (exact) mass is 337 g/mol. The van der Waals surface area contributed by atoms with Crippen molar-refractivity contribution in [3.05, 3.63) is 53.9 Å². The van der Waals surface area contributed by atoms with E-state index in [9.17, 15) is 0 Å². The van der Waals surface area contributed by atoms with E-state index in [1.807, 2.05) is 24.3 Å². The highest BCUT2D eigenvalue weighted by molar-refractivity contribution is 5.74. The second-order valence-electron chi connectivity index (χ2n) is 6.44. The SMILES string of the molecule is COc1ccc([C@@H]2CCCN2Cc2nc3ccccc3[nH]2)cc1OC. The Kier molecular flexibility index (Phi) is 4.32. The van der Waals surface area contributed by atoms with E-state index in [2.05, 4.69) is 28.1 Å². The normalized spacial score (nSPS) is 17.9. The molecule has 1 aliphatic rings. The van der Waals surface area contributed by atoms with Crippen molar-refractivity contribution in [2.45, 2.75) is 25.4 Å². The number of hydrogen-bond acceptors (Lipinski definition) is 4. The van der Waals surface area contributed by atoms with Gasteiger partial charge in [0.1, 0.15) is 5.82 Å². The molecule has 1 atom stereocenters. The third kappa shape index (κ3) is 3.07. The molecule has 0 saturated carbocycles. The van der Waals surface area contributed by atoms with Gasteiger partial charge in [0, 0.05) is 6.04 Å². The van der Waals surface area contributed by atoms with E-state index in [4.69, 9.17) is 14.5 Å². The van der Waals surface area contributed by atoms with Gasteiger partial charge < -0.3 is 14.5 Å². The standard InChI is InChI=1S/C20H23N3O2/c1-24-18-10-9-14(12-19(18)25-2)17-8-5-11-23(17)13-20-21-15-6-3-4-7-16(15)22-20/h3-4,6-7,9-10,12,17H,5,8,11,13H2,1-2H3,(H,21,22)/t17-/m0/s1. The highest BCUT2D eigenvalue weighted by Crippen LogP contribution is 2.37. The molecule has 25 heavy (non-hydrogen) atoms. The van der Waals surface area contributed by atoms with Crippen molar-refractivity contribution in [2.75, 3.05) is 20.8 Å². The Morgan fingerprint density at radius 1 is 1.12 bits per heavy atom. The number of aromatic nitrogens is 2. The fourth-order valence-electron chi connectivity index (χ4n) is 3.73. The number of fused-ring (bicyclic) bond motifs is 1. The number of hydrogen-bond donors (Lipinski definition) is 1. The highest BCUT2D eigenvalue weighted by Gasteiger charge is 2.27. The van der Waals surface area contributed by atoms with Gasteiger partial charge in [-0.2, -0.15) is 0 Å². The minimum atomic E-state index is 0.382. The van der Waals surface area contributed by atoms with Crippen molar-refractivity contribution in [3.63, 3.8) is 0 Å². The Labute approximate surface area is 147 Å². The summed E-state index contributed by atoms with van der Waals surface area (Å²) >= 11 is 0. The molecule has 3 aromatic rings. The van der Waals surface area contributed by atoms with E-state index in [1.54, 1.807) is 14.2 Å². The minimum absolute atomic E-state index is 0.382. The average Bonchev–Trinajstić information content (AvgIpc) is 3.27. The lowest BCUT2D eigenvalue weighted by atomic mass is 10.0. The van der Waals surface area contributed by atoms with Crippen LogP contribution in [0.3, 0.4) is 0 Å². The van der Waals surface area contributed by atoms with Crippen LogP contribution in [0, 0.1) is 0 Å². The molecule has 1 fully saturated rings. The molecule has 0 bridgehead atoms. The number of methoxy groups -OCH3 is 2. The molecule has 2 heterocycles. The van der Waals surface area contributed by atoms with Gasteiger partial charge in [-0.15, -0.1) is 0 Å². The third-order valence-electron chi connectivity index (χ3n) is 4.95. The van der Waals surface area contributed by atoms with Crippen molar-refractivity contribution < 1.29 is 9.47 Å². The Balaban J connectivity index is 1.57. The highest BCUT2D eigenvalue weighted by atomic mass is 16.5. The molecule has 1 aromatic heterocycles. The summed E-state index contributed by atoms with van der Waals surface area (Å²) in [5, 5.41) is 0. The first-order valence-corrected chi connectivity index (χ1v) is 8.68. The van der Waals surface area contributed by atoms with Crippen LogP contribution < -0.4 is 9.47 Å². The van der Waals surface area contributed by atoms with Crippen molar-refractivity contribution in [3.8, 4) is 11.5 Å². The smallest absolute Gasteiger partial charge is 0.161 e. The van der Waals surface area contributed by atoms with Crippen LogP contribution in [-0.4, -0.2) is 35.6 Å². The predicted octanol–water partition coefficient (Wildman–Crippen LogP) is 3.92. The van der Waals surface area contributed by atoms with E-state index < -0.39 is 0 Å². The molecule has 0 spiro atoms. The fourth-order valence-corrected chi connectivity index (χ4v) is 3.73. The summed E-state index contributed by atoms with van der Waals surface area (Å²) in [5.41, 5.74) is 3.39. The second-order valence-corrected chi connectivity index (χ2v) is 6.44. The average molecular weight is 337 g/mol. The molecule has 5 heteroatoms. The maximum atomic E-state index is 5.47. The molecule has 0 aliphatic carbocycles. The molecule has 1 saturated heterocycles. The molecule has 5 nitrogen and oxygen atoms in total. The van der Waals surface area contributed by atoms with Crippen LogP contribution in [0.25, 0.3) is 11.0 Å². The molecule has 0 amide bonds. The summed E-state index contributed by atoms with van der Waals surface area (Å²) in [6, 6.07) is 14.8. The van der Waals surface area contributed by atoms with Crippen LogP contribution in [0.5, 0.6) is 11.5 Å². The topological polar surface area (TPSA) is 50.4 Å². The lowest BCUT2D eigenvalue weighted by Crippen LogP contribution is -2.23. The van der Waals surface area contributed by atoms with E-state index >= 15 is 0 Å². The quantitative estimate of drug-likeness (QED) is 0.767. The van der Waals surface area contributed by atoms with Crippen LogP contribution in [-0.2, 0) is 6.54 Å². The van der Waals surface area contributed by atoms with Gasteiger partial charge in [-0.3, -0.25) is 4.90 Å². The molecule has 2 aromatic carbocycles. The van der Waals surface area contributed by atoms with Crippen LogP contribution in [0.1, 0.15) is 30.3 Å². The number of nitrogens with zero attached hydrogens (tertiary/aromatic N) is 2. The number of para-hydroxylation sites is 2. The van der Waals surface area contributed by atoms with E-state index in [-0.39, 0.29) is 0 Å². The number of benzene rings is 2. The maximum Gasteiger partial charge on any atom is 0.161 e. The molecule has 1 aliphatic heterocycles. The van der Waals surface area contributed by atoms with Gasteiger partial charge in [-0.25, -0.2) is 4.98 Å². The Morgan fingerprint density at radius 2 is 1.96 bits per heavy atom. The maximum absolute atomic E-state index is 5.47. The lowest BCUT2D eigenvalue weighted by molar-refractivity contribution is 0.242. The van der Waals surface area contributed by atoms with Crippen molar-refractivity contribution in [2.24, 2.45) is 0 Å². The van der Waals surface area contributed by atoms with Gasteiger partial charge in [0.05, 0.1) is 31.8 Å². The summed E-state index contributed by atoms with van der Waals surface area (Å²) in [5.74, 6) is 2.58. The number of ether oxygens (including phenoxy) is 2. The lowest BCUT2D eigenvalue weighted by Gasteiger charge is -2.24. The van der Waals surface area contributed by atoms with Crippen LogP contribution in [0.15, 0.2) is 42.5 Å². The van der Waals surface area contributed by atoms with Crippen LogP contribution >= 0.6 is 0 Å². The number of likely N-dealkylation sites (tertiary alicyclic amines) is 1. The Hall–Kier alpha value is -2.53. The summed E-state index contributed by atoms with van der Waals surface area (Å²) < 4.78 is 10.8. The van der Waals surface area contributed by atoms with E-state index in [1.165, 1.54) is 12.0 Å². The summed E-state index contributed by atoms with van der Waals surface area (Å²) in [6.45, 7) is 1.91. The van der Waals surface area contributed by atoms with Crippen LogP contribution in [0.2, 0.25) is 0 Å². The zero-order valence-corrected chi connectivity index (χ0v) is 14.7. The number of H-pyrrole nitrogens is 1. The van der Waals surface area contributed by atoms with Crippen molar-refractivity contribution >= 4 is 11.0 Å². The number of nitrogens with one attached hydrogen (secondary N) is 1. The third-order valence-corrected chi connectivity index (χ3v) is 4.95. The molecule has 0 unspecified atom stereocenters. The molecule has 130 valence electrons. The number of rotatable bonds is 5. The van der Waals surface area contributed by atoms with Crippen molar-refractivity contribution in [1.82, 2.24) is 14.9 Å². The van der Waals surface area contributed by atoms with Gasteiger partial charge in [0.25, 0.3) is 0 Å². The van der Waals surface area contributed by atoms with E-state index in [0.717, 1.165) is 47.9 Å². The predicted molar refractivity (Wildman–Crippen MR) is 98.0 cm³/mol. The zero-order valence-electron chi connectivity index (χ0n) is 14.7. The fraction of sp³-hybridized carbons (Fsp3) is 0.350. The zero-order chi connectivity index (χ0) is 17.2. The van der Waals surface area contributed by atoms with E-state index in [0.29, 0.717) is 6.04 Å². The van der Waals surface area contributed by atoms with Gasteiger partial charge in [-0.05, 0) is 49.2 Å². The van der Waals surface area contributed by atoms with Crippen LogP contribution in [0.4, 0.5) is 0 Å². The van der Waals surface area contributed by atoms with Gasteiger partial charge in [-0.1, -0.05) is 18.2 Å². The number of imidazole rings is 1. The first-order chi connectivity index (χ1) is 12.3. The largest absolute Gasteiger partial charge is 0.493 e. The van der Waals surface area contributed by atoms with Crippen molar-refractivity contribution in [1.29, 1.82) is 0 Å². The first kappa shape index (κ1) is 16.0. The summed E-state index contributed by atoms with van der Waals surface area (Å²) in [6.07, 6.45) is 2.34. The Bertz CT molecular complexity index is 841. The Morgan fingerprint density at radius 3 is 2.76 bits per heavy atom. The second kappa shape index (κ2) is 6.76. The minimum Gasteiger partial charge on any atom is -0.493 e. The summed E-state index contributed by atoms with van der Waals surface area (Å²) in [4.78, 5) is 10.6. The van der Waals surface area contributed by atoms with Gasteiger partial charge in [0.2, 0.25) is 0 Å². The first-order valence-electron chi connectivity index (χ1n) is 8.68. The molecule has 0 radical (unpaired) electrons. The molecular formula is C20H23N3O2. The molecule has 4 rings (SSSR count). The molecule has 1 N–H and O–H groups in total. The molecular weight excluding hydrogens is 314 g/mol. The summed E-state index contributed by atoms with van der Waals surface area (Å²) in [7, 11) is 3.35. The van der Waals surface area contributed by atoms with Gasteiger partial charge >= 0.3 is 0 Å².